The van der Waals surface area contributed by atoms with Gasteiger partial charge in [-0.25, -0.2) is 17.7 Å². The van der Waals surface area contributed by atoms with E-state index in [0.29, 0.717) is 15.8 Å². The third-order valence-electron chi connectivity index (χ3n) is 4.49. The lowest BCUT2D eigenvalue weighted by atomic mass is 10.0. The predicted octanol–water partition coefficient (Wildman–Crippen LogP) is 2.92. The Hall–Kier alpha value is -2.43. The van der Waals surface area contributed by atoms with Crippen LogP contribution in [0.4, 0.5) is 0 Å². The second-order valence-corrected chi connectivity index (χ2v) is 10.0. The lowest BCUT2D eigenvalue weighted by Crippen LogP contribution is -2.50. The fourth-order valence-corrected chi connectivity index (χ4v) is 6.21. The molecule has 1 unspecified atom stereocenters. The van der Waals surface area contributed by atoms with E-state index in [4.69, 9.17) is 21.8 Å². The van der Waals surface area contributed by atoms with Gasteiger partial charge in [0.25, 0.3) is 0 Å². The monoisotopic (exact) mass is 437 g/mol. The van der Waals surface area contributed by atoms with Gasteiger partial charge in [0.1, 0.15) is 5.54 Å². The Morgan fingerprint density at radius 3 is 2.75 bits per heavy atom. The van der Waals surface area contributed by atoms with E-state index in [0.717, 1.165) is 20.3 Å². The standard InChI is InChI=1S/C17H16ClN5O3S2/c1-17(8-28(24,25)23(2)16(19)21-17)14-12(18)7-13(27-14)10-4-3-5-11(6-10)15-22-20-9-26-15/h3-7,9H,8H2,1-2H3,(H2,19,21). The molecule has 2 N–H and O–H groups in total. The summed E-state index contributed by atoms with van der Waals surface area (Å²) in [7, 11) is -2.19. The molecule has 28 heavy (non-hydrogen) atoms. The van der Waals surface area contributed by atoms with Crippen molar-refractivity contribution in [2.24, 2.45) is 10.7 Å². The number of hydrogen-bond donors (Lipinski definition) is 1. The third kappa shape index (κ3) is 3.17. The molecule has 0 aliphatic carbocycles. The van der Waals surface area contributed by atoms with Crippen molar-refractivity contribution in [1.29, 1.82) is 0 Å². The SMILES string of the molecule is CN1C(N)=NC(C)(c2sc(-c3cccc(-c4nnco4)c3)cc2Cl)CS1(=O)=O. The highest BCUT2D eigenvalue weighted by Gasteiger charge is 2.42. The molecule has 3 aromatic rings. The van der Waals surface area contributed by atoms with E-state index in [2.05, 4.69) is 15.2 Å². The number of sulfonamides is 1. The molecule has 0 fully saturated rings. The summed E-state index contributed by atoms with van der Waals surface area (Å²) in [6.07, 6.45) is 1.27. The van der Waals surface area contributed by atoms with Crippen molar-refractivity contribution in [3.05, 3.63) is 46.6 Å². The molecule has 2 aromatic heterocycles. The molecule has 0 radical (unpaired) electrons. The van der Waals surface area contributed by atoms with Crippen LogP contribution in [-0.2, 0) is 15.6 Å². The number of rotatable bonds is 3. The van der Waals surface area contributed by atoms with Crippen LogP contribution in [0.25, 0.3) is 21.9 Å². The summed E-state index contributed by atoms with van der Waals surface area (Å²) < 4.78 is 31.1. The molecule has 11 heteroatoms. The minimum absolute atomic E-state index is 0.0573. The average Bonchev–Trinajstić information content (AvgIpc) is 3.29. The summed E-state index contributed by atoms with van der Waals surface area (Å²) >= 11 is 7.87. The number of hydrogen-bond acceptors (Lipinski definition) is 8. The fraction of sp³-hybridized carbons (Fsp3) is 0.235. The Morgan fingerprint density at radius 1 is 1.32 bits per heavy atom. The summed E-state index contributed by atoms with van der Waals surface area (Å²) in [5, 5.41) is 8.06. The van der Waals surface area contributed by atoms with Crippen molar-refractivity contribution in [2.45, 2.75) is 12.5 Å². The van der Waals surface area contributed by atoms with Gasteiger partial charge in [-0.2, -0.15) is 0 Å². The number of guanidine groups is 1. The van der Waals surface area contributed by atoms with Crippen molar-refractivity contribution in [3.8, 4) is 21.9 Å². The van der Waals surface area contributed by atoms with Crippen LogP contribution < -0.4 is 5.73 Å². The smallest absolute Gasteiger partial charge is 0.247 e. The number of aromatic nitrogens is 2. The number of thiophene rings is 1. The first-order chi connectivity index (χ1) is 13.2. The summed E-state index contributed by atoms with van der Waals surface area (Å²) in [6.45, 7) is 1.72. The second kappa shape index (κ2) is 6.57. The minimum Gasteiger partial charge on any atom is -0.423 e. The Morgan fingerprint density at radius 2 is 2.07 bits per heavy atom. The van der Waals surface area contributed by atoms with Gasteiger partial charge in [0.15, 0.2) is 0 Å². The first kappa shape index (κ1) is 18.9. The van der Waals surface area contributed by atoms with Gasteiger partial charge < -0.3 is 10.2 Å². The van der Waals surface area contributed by atoms with Crippen LogP contribution in [0.5, 0.6) is 0 Å². The zero-order valence-electron chi connectivity index (χ0n) is 15.0. The maximum atomic E-state index is 12.4. The molecule has 146 valence electrons. The van der Waals surface area contributed by atoms with Gasteiger partial charge in [-0.1, -0.05) is 23.7 Å². The maximum absolute atomic E-state index is 12.4. The molecular weight excluding hydrogens is 422 g/mol. The Kier molecular flexibility index (Phi) is 4.44. The van der Waals surface area contributed by atoms with Crippen molar-refractivity contribution >= 4 is 38.9 Å². The Labute approximate surface area is 170 Å². The number of halogens is 1. The molecule has 0 saturated heterocycles. The largest absolute Gasteiger partial charge is 0.423 e. The van der Waals surface area contributed by atoms with E-state index >= 15 is 0 Å². The average molecular weight is 438 g/mol. The first-order valence-corrected chi connectivity index (χ1v) is 11.0. The van der Waals surface area contributed by atoms with Gasteiger partial charge in [-0.05, 0) is 30.7 Å². The number of benzene rings is 1. The Bertz CT molecular complexity index is 1170. The van der Waals surface area contributed by atoms with Crippen molar-refractivity contribution in [3.63, 3.8) is 0 Å². The van der Waals surface area contributed by atoms with Crippen molar-refractivity contribution < 1.29 is 12.8 Å². The first-order valence-electron chi connectivity index (χ1n) is 8.18. The zero-order chi connectivity index (χ0) is 20.1. The fourth-order valence-electron chi connectivity index (χ4n) is 3.05. The summed E-state index contributed by atoms with van der Waals surface area (Å²) in [6, 6.07) is 9.38. The van der Waals surface area contributed by atoms with Gasteiger partial charge in [0.2, 0.25) is 28.3 Å². The van der Waals surface area contributed by atoms with Gasteiger partial charge in [-0.3, -0.25) is 0 Å². The molecule has 0 bridgehead atoms. The summed E-state index contributed by atoms with van der Waals surface area (Å²) in [5.74, 6) is 0.146. The minimum atomic E-state index is -3.58. The van der Waals surface area contributed by atoms with E-state index in [1.807, 2.05) is 24.3 Å². The number of nitrogens with two attached hydrogens (primary N) is 1. The summed E-state index contributed by atoms with van der Waals surface area (Å²) in [5.41, 5.74) is 6.46. The highest BCUT2D eigenvalue weighted by atomic mass is 35.5. The molecule has 1 aliphatic rings. The van der Waals surface area contributed by atoms with Crippen LogP contribution in [-0.4, -0.2) is 41.7 Å². The van der Waals surface area contributed by atoms with Gasteiger partial charge in [-0.15, -0.1) is 21.5 Å². The molecule has 0 amide bonds. The summed E-state index contributed by atoms with van der Waals surface area (Å²) in [4.78, 5) is 5.93. The Balaban J connectivity index is 1.77. The van der Waals surface area contributed by atoms with E-state index in [1.165, 1.54) is 24.8 Å². The highest BCUT2D eigenvalue weighted by molar-refractivity contribution is 7.89. The molecule has 0 saturated carbocycles. The molecule has 8 nitrogen and oxygen atoms in total. The second-order valence-electron chi connectivity index (χ2n) is 6.58. The normalized spacial score (nSPS) is 21.5. The molecular formula is C17H16ClN5O3S2. The molecule has 1 atom stereocenters. The van der Waals surface area contributed by atoms with Crippen LogP contribution in [0.2, 0.25) is 5.02 Å². The predicted molar refractivity (Wildman–Crippen MR) is 109 cm³/mol. The van der Waals surface area contributed by atoms with Crippen molar-refractivity contribution in [1.82, 2.24) is 14.5 Å². The number of nitrogens with zero attached hydrogens (tertiary/aromatic N) is 4. The topological polar surface area (TPSA) is 115 Å². The zero-order valence-corrected chi connectivity index (χ0v) is 17.3. The lowest BCUT2D eigenvalue weighted by molar-refractivity contribution is 0.482. The van der Waals surface area contributed by atoms with Crippen LogP contribution >= 0.6 is 22.9 Å². The van der Waals surface area contributed by atoms with E-state index in [1.54, 1.807) is 13.0 Å². The number of aliphatic imine (C=N–C) groups is 1. The van der Waals surface area contributed by atoms with E-state index in [-0.39, 0.29) is 11.7 Å². The van der Waals surface area contributed by atoms with Crippen LogP contribution in [0.15, 0.2) is 46.1 Å². The van der Waals surface area contributed by atoms with Gasteiger partial charge >= 0.3 is 0 Å². The lowest BCUT2D eigenvalue weighted by Gasteiger charge is -2.33. The molecule has 4 rings (SSSR count). The molecule has 1 aliphatic heterocycles. The van der Waals surface area contributed by atoms with Crippen molar-refractivity contribution in [2.75, 3.05) is 12.8 Å². The highest BCUT2D eigenvalue weighted by Crippen LogP contribution is 2.44. The van der Waals surface area contributed by atoms with E-state index < -0.39 is 15.6 Å². The molecule has 0 spiro atoms. The van der Waals surface area contributed by atoms with Crippen LogP contribution in [0.3, 0.4) is 0 Å². The third-order valence-corrected chi connectivity index (χ3v) is 8.29. The van der Waals surface area contributed by atoms with Crippen LogP contribution in [0.1, 0.15) is 11.8 Å². The molecule has 3 heterocycles. The quantitative estimate of drug-likeness (QED) is 0.673. The van der Waals surface area contributed by atoms with E-state index in [9.17, 15) is 8.42 Å². The molecule has 1 aromatic carbocycles. The van der Waals surface area contributed by atoms with Gasteiger partial charge in [0.05, 0.1) is 15.7 Å². The van der Waals surface area contributed by atoms with Gasteiger partial charge in [0, 0.05) is 17.5 Å². The van der Waals surface area contributed by atoms with Crippen LogP contribution in [0, 0.1) is 0 Å². The maximum Gasteiger partial charge on any atom is 0.247 e.